The Kier molecular flexibility index (Phi) is 6.28. The van der Waals surface area contributed by atoms with Gasteiger partial charge in [-0.3, -0.25) is 4.79 Å². The Morgan fingerprint density at radius 3 is 2.37 bits per heavy atom. The topological polar surface area (TPSA) is 98.5 Å². The van der Waals surface area contributed by atoms with Gasteiger partial charge in [-0.2, -0.15) is 0 Å². The van der Waals surface area contributed by atoms with Crippen molar-refractivity contribution in [1.29, 1.82) is 0 Å². The van der Waals surface area contributed by atoms with Crippen molar-refractivity contribution in [2.45, 2.75) is 43.5 Å². The molecule has 0 bridgehead atoms. The van der Waals surface area contributed by atoms with Crippen molar-refractivity contribution in [3.63, 3.8) is 0 Å². The molecule has 6 nitrogen and oxygen atoms in total. The molecule has 146 valence electrons. The first-order chi connectivity index (χ1) is 12.5. The maximum Gasteiger partial charge on any atom is 0.251 e. The van der Waals surface area contributed by atoms with Gasteiger partial charge >= 0.3 is 0 Å². The van der Waals surface area contributed by atoms with E-state index in [1.54, 1.807) is 0 Å². The van der Waals surface area contributed by atoms with Gasteiger partial charge in [-0.25, -0.2) is 13.6 Å². The summed E-state index contributed by atoms with van der Waals surface area (Å²) in [6.45, 7) is 6.17. The van der Waals surface area contributed by atoms with E-state index in [1.165, 1.54) is 30.9 Å². The van der Waals surface area contributed by atoms with Crippen LogP contribution in [0.3, 0.4) is 0 Å². The molecule has 0 aromatic heterocycles. The molecule has 0 heterocycles. The molecular weight excluding hydrogens is 364 g/mol. The van der Waals surface area contributed by atoms with Crippen molar-refractivity contribution in [1.82, 2.24) is 5.32 Å². The van der Waals surface area contributed by atoms with E-state index < -0.39 is 10.0 Å². The van der Waals surface area contributed by atoms with Crippen LogP contribution in [0.4, 0.5) is 0 Å². The summed E-state index contributed by atoms with van der Waals surface area (Å²) < 4.78 is 28.5. The standard InChI is InChI=1S/C20H26N2O4S/c1-14(13-20(2,3)16-8-6-5-7-9-16)22-19(23)15-10-11-17(26-4)18(12-15)27(21,24)25/h5-12,14H,13H2,1-4H3,(H,22,23)(H2,21,24,25). The molecule has 2 rings (SSSR count). The van der Waals surface area contributed by atoms with E-state index in [0.717, 1.165) is 6.42 Å². The summed E-state index contributed by atoms with van der Waals surface area (Å²) in [5.74, 6) is -0.258. The zero-order valence-electron chi connectivity index (χ0n) is 16.0. The summed E-state index contributed by atoms with van der Waals surface area (Å²) in [5.41, 5.74) is 1.27. The molecule has 0 aliphatic heterocycles. The molecule has 1 atom stereocenters. The summed E-state index contributed by atoms with van der Waals surface area (Å²) in [6.07, 6.45) is 0.723. The number of ether oxygens (including phenoxy) is 1. The molecule has 2 aromatic rings. The van der Waals surface area contributed by atoms with Crippen LogP contribution < -0.4 is 15.2 Å². The molecule has 3 N–H and O–H groups in total. The van der Waals surface area contributed by atoms with Crippen LogP contribution >= 0.6 is 0 Å². The SMILES string of the molecule is COc1ccc(C(=O)NC(C)CC(C)(C)c2ccccc2)cc1S(N)(=O)=O. The Morgan fingerprint density at radius 2 is 1.81 bits per heavy atom. The first kappa shape index (κ1) is 20.9. The summed E-state index contributed by atoms with van der Waals surface area (Å²) in [4.78, 5) is 12.4. The van der Waals surface area contributed by atoms with Crippen molar-refractivity contribution in [3.05, 3.63) is 59.7 Å². The number of nitrogens with two attached hydrogens (primary N) is 1. The van der Waals surface area contributed by atoms with Crippen molar-refractivity contribution < 1.29 is 17.9 Å². The normalized spacial score (nSPS) is 13.1. The smallest absolute Gasteiger partial charge is 0.251 e. The fourth-order valence-corrected chi connectivity index (χ4v) is 3.89. The lowest BCUT2D eigenvalue weighted by molar-refractivity contribution is 0.0934. The first-order valence-electron chi connectivity index (χ1n) is 8.62. The maximum atomic E-state index is 12.6. The summed E-state index contributed by atoms with van der Waals surface area (Å²) in [5, 5.41) is 8.13. The van der Waals surface area contributed by atoms with E-state index in [2.05, 4.69) is 31.3 Å². The number of methoxy groups -OCH3 is 1. The molecule has 27 heavy (non-hydrogen) atoms. The fraction of sp³-hybridized carbons (Fsp3) is 0.350. The Bertz CT molecular complexity index is 909. The second kappa shape index (κ2) is 8.10. The van der Waals surface area contributed by atoms with Gasteiger partial charge in [0, 0.05) is 11.6 Å². The third-order valence-corrected chi connectivity index (χ3v) is 5.41. The lowest BCUT2D eigenvalue weighted by atomic mass is 9.79. The molecule has 0 saturated carbocycles. The second-order valence-electron chi connectivity index (χ2n) is 7.24. The van der Waals surface area contributed by atoms with Gasteiger partial charge in [0.15, 0.2) is 0 Å². The van der Waals surface area contributed by atoms with E-state index in [1.807, 2.05) is 25.1 Å². The number of amides is 1. The van der Waals surface area contributed by atoms with Gasteiger partial charge in [-0.1, -0.05) is 44.2 Å². The number of primary sulfonamides is 1. The molecule has 0 saturated heterocycles. The molecule has 0 spiro atoms. The van der Waals surface area contributed by atoms with E-state index >= 15 is 0 Å². The Hall–Kier alpha value is -2.38. The van der Waals surface area contributed by atoms with E-state index in [4.69, 9.17) is 9.88 Å². The van der Waals surface area contributed by atoms with Crippen molar-refractivity contribution in [2.75, 3.05) is 7.11 Å². The van der Waals surface area contributed by atoms with Crippen LogP contribution in [-0.2, 0) is 15.4 Å². The molecule has 7 heteroatoms. The number of carbonyl (C=O) groups is 1. The maximum absolute atomic E-state index is 12.6. The monoisotopic (exact) mass is 390 g/mol. The van der Waals surface area contributed by atoms with Gasteiger partial charge in [-0.15, -0.1) is 0 Å². The van der Waals surface area contributed by atoms with Crippen LogP contribution in [0.1, 0.15) is 43.1 Å². The largest absolute Gasteiger partial charge is 0.495 e. The number of carbonyl (C=O) groups excluding carboxylic acids is 1. The Balaban J connectivity index is 2.15. The van der Waals surface area contributed by atoms with Crippen LogP contribution in [0.2, 0.25) is 0 Å². The quantitative estimate of drug-likeness (QED) is 0.759. The van der Waals surface area contributed by atoms with Crippen LogP contribution in [0.25, 0.3) is 0 Å². The second-order valence-corrected chi connectivity index (χ2v) is 8.77. The first-order valence-corrected chi connectivity index (χ1v) is 10.2. The van der Waals surface area contributed by atoms with Gasteiger partial charge < -0.3 is 10.1 Å². The van der Waals surface area contributed by atoms with Crippen molar-refractivity contribution in [3.8, 4) is 5.75 Å². The number of rotatable bonds is 7. The van der Waals surface area contributed by atoms with E-state index in [9.17, 15) is 13.2 Å². The van der Waals surface area contributed by atoms with Crippen molar-refractivity contribution >= 4 is 15.9 Å². The zero-order valence-corrected chi connectivity index (χ0v) is 16.8. The van der Waals surface area contributed by atoms with Gasteiger partial charge in [0.05, 0.1) is 7.11 Å². The molecule has 2 aromatic carbocycles. The number of hydrogen-bond acceptors (Lipinski definition) is 4. The minimum Gasteiger partial charge on any atom is -0.495 e. The zero-order chi connectivity index (χ0) is 20.2. The highest BCUT2D eigenvalue weighted by Gasteiger charge is 2.25. The van der Waals surface area contributed by atoms with Crippen LogP contribution in [-0.4, -0.2) is 27.5 Å². The number of sulfonamides is 1. The molecule has 0 aliphatic rings. The number of benzene rings is 2. The third-order valence-electron chi connectivity index (χ3n) is 4.48. The summed E-state index contributed by atoms with van der Waals surface area (Å²) in [7, 11) is -2.66. The minimum atomic E-state index is -4.00. The Morgan fingerprint density at radius 1 is 1.19 bits per heavy atom. The van der Waals surface area contributed by atoms with Crippen LogP contribution in [0, 0.1) is 0 Å². The van der Waals surface area contributed by atoms with Gasteiger partial charge in [0.1, 0.15) is 10.6 Å². The highest BCUT2D eigenvalue weighted by atomic mass is 32.2. The van der Waals surface area contributed by atoms with Gasteiger partial charge in [-0.05, 0) is 42.5 Å². The summed E-state index contributed by atoms with van der Waals surface area (Å²) in [6, 6.07) is 14.1. The Labute approximate surface area is 160 Å². The molecule has 0 fully saturated rings. The average molecular weight is 391 g/mol. The lowest BCUT2D eigenvalue weighted by Gasteiger charge is -2.29. The molecular formula is C20H26N2O4S. The highest BCUT2D eigenvalue weighted by Crippen LogP contribution is 2.28. The minimum absolute atomic E-state index is 0.104. The van der Waals surface area contributed by atoms with Crippen molar-refractivity contribution in [2.24, 2.45) is 5.14 Å². The molecule has 1 amide bonds. The highest BCUT2D eigenvalue weighted by molar-refractivity contribution is 7.89. The third kappa shape index (κ3) is 5.30. The number of nitrogens with one attached hydrogen (secondary N) is 1. The summed E-state index contributed by atoms with van der Waals surface area (Å²) >= 11 is 0. The molecule has 0 aliphatic carbocycles. The van der Waals surface area contributed by atoms with Crippen LogP contribution in [0.5, 0.6) is 5.75 Å². The van der Waals surface area contributed by atoms with E-state index in [0.29, 0.717) is 0 Å². The molecule has 1 unspecified atom stereocenters. The van der Waals surface area contributed by atoms with Crippen LogP contribution in [0.15, 0.2) is 53.4 Å². The fourth-order valence-electron chi connectivity index (χ4n) is 3.17. The number of hydrogen-bond donors (Lipinski definition) is 2. The van der Waals surface area contributed by atoms with Gasteiger partial charge in [0.2, 0.25) is 10.0 Å². The predicted octanol–water partition coefficient (Wildman–Crippen LogP) is 2.83. The van der Waals surface area contributed by atoms with E-state index in [-0.39, 0.29) is 33.6 Å². The predicted molar refractivity (Wildman–Crippen MR) is 105 cm³/mol. The molecule has 0 radical (unpaired) electrons. The average Bonchev–Trinajstić information content (AvgIpc) is 2.60. The lowest BCUT2D eigenvalue weighted by Crippen LogP contribution is -2.37. The van der Waals surface area contributed by atoms with Gasteiger partial charge in [0.25, 0.3) is 5.91 Å².